The molecule has 166 valence electrons. The van der Waals surface area contributed by atoms with Crippen LogP contribution in [0.15, 0.2) is 77.7 Å². The van der Waals surface area contributed by atoms with E-state index in [4.69, 9.17) is 14.6 Å². The summed E-state index contributed by atoms with van der Waals surface area (Å²) in [6, 6.07) is 19.7. The van der Waals surface area contributed by atoms with E-state index in [1.54, 1.807) is 24.3 Å². The molecule has 3 aromatic carbocycles. The number of primary sulfonamides is 1. The molecule has 0 heterocycles. The SMILES string of the molecule is Cc1cccc(COc2ccccc2C(=O)OCC(=O)Nc2ccc(S(N)(=O)=O)cc2)c1. The van der Waals surface area contributed by atoms with E-state index >= 15 is 0 Å². The topological polar surface area (TPSA) is 125 Å². The van der Waals surface area contributed by atoms with Crippen LogP contribution in [0.5, 0.6) is 5.75 Å². The molecule has 3 aromatic rings. The Morgan fingerprint density at radius 1 is 0.969 bits per heavy atom. The van der Waals surface area contributed by atoms with Gasteiger partial charge in [0, 0.05) is 5.69 Å². The summed E-state index contributed by atoms with van der Waals surface area (Å²) in [5, 5.41) is 7.55. The fourth-order valence-electron chi connectivity index (χ4n) is 2.86. The lowest BCUT2D eigenvalue weighted by Gasteiger charge is -2.12. The Bertz CT molecular complexity index is 1220. The van der Waals surface area contributed by atoms with Crippen molar-refractivity contribution in [1.29, 1.82) is 0 Å². The van der Waals surface area contributed by atoms with Crippen LogP contribution >= 0.6 is 0 Å². The fraction of sp³-hybridized carbons (Fsp3) is 0.130. The van der Waals surface area contributed by atoms with Gasteiger partial charge in [-0.1, -0.05) is 42.0 Å². The van der Waals surface area contributed by atoms with Crippen LogP contribution in [0.1, 0.15) is 21.5 Å². The van der Waals surface area contributed by atoms with Crippen molar-refractivity contribution in [2.24, 2.45) is 5.14 Å². The lowest BCUT2D eigenvalue weighted by Crippen LogP contribution is -2.21. The first-order valence-corrected chi connectivity index (χ1v) is 11.1. The number of esters is 1. The number of amides is 1. The van der Waals surface area contributed by atoms with Crippen molar-refractivity contribution in [3.05, 3.63) is 89.5 Å². The molecule has 0 saturated heterocycles. The van der Waals surface area contributed by atoms with Gasteiger partial charge in [-0.3, -0.25) is 4.79 Å². The van der Waals surface area contributed by atoms with Gasteiger partial charge in [-0.15, -0.1) is 0 Å². The number of nitrogens with one attached hydrogen (secondary N) is 1. The van der Waals surface area contributed by atoms with Gasteiger partial charge in [0.05, 0.1) is 4.90 Å². The second-order valence-electron chi connectivity index (χ2n) is 6.97. The van der Waals surface area contributed by atoms with E-state index in [2.05, 4.69) is 5.32 Å². The number of rotatable bonds is 8. The van der Waals surface area contributed by atoms with Crippen LogP contribution in [0.25, 0.3) is 0 Å². The highest BCUT2D eigenvalue weighted by molar-refractivity contribution is 7.89. The quantitative estimate of drug-likeness (QED) is 0.504. The molecule has 0 aliphatic rings. The molecule has 0 bridgehead atoms. The van der Waals surface area contributed by atoms with Gasteiger partial charge < -0.3 is 14.8 Å². The van der Waals surface area contributed by atoms with Gasteiger partial charge in [0.1, 0.15) is 17.9 Å². The third kappa shape index (κ3) is 6.40. The summed E-state index contributed by atoms with van der Waals surface area (Å²) in [5.74, 6) is -0.942. The van der Waals surface area contributed by atoms with Crippen molar-refractivity contribution in [3.8, 4) is 5.75 Å². The molecule has 0 unspecified atom stereocenters. The molecule has 0 spiro atoms. The summed E-state index contributed by atoms with van der Waals surface area (Å²) in [7, 11) is -3.82. The average Bonchev–Trinajstić information content (AvgIpc) is 2.76. The second kappa shape index (κ2) is 10.1. The van der Waals surface area contributed by atoms with Crippen molar-refractivity contribution < 1.29 is 27.5 Å². The first-order chi connectivity index (χ1) is 15.2. The highest BCUT2D eigenvalue weighted by Crippen LogP contribution is 2.21. The summed E-state index contributed by atoms with van der Waals surface area (Å²) < 4.78 is 33.4. The first-order valence-electron chi connectivity index (χ1n) is 9.59. The minimum absolute atomic E-state index is 0.0794. The van der Waals surface area contributed by atoms with Gasteiger partial charge in [0.25, 0.3) is 5.91 Å². The predicted molar refractivity (Wildman–Crippen MR) is 119 cm³/mol. The van der Waals surface area contributed by atoms with Gasteiger partial charge in [-0.25, -0.2) is 18.4 Å². The zero-order valence-electron chi connectivity index (χ0n) is 17.3. The fourth-order valence-corrected chi connectivity index (χ4v) is 3.37. The minimum atomic E-state index is -3.82. The Morgan fingerprint density at radius 2 is 1.69 bits per heavy atom. The molecule has 32 heavy (non-hydrogen) atoms. The van der Waals surface area contributed by atoms with Gasteiger partial charge in [0.2, 0.25) is 10.0 Å². The van der Waals surface area contributed by atoms with Gasteiger partial charge >= 0.3 is 5.97 Å². The first kappa shape index (κ1) is 23.0. The Hall–Kier alpha value is -3.69. The van der Waals surface area contributed by atoms with Gasteiger partial charge in [0.15, 0.2) is 6.61 Å². The number of ether oxygens (including phenoxy) is 2. The van der Waals surface area contributed by atoms with Crippen LogP contribution < -0.4 is 15.2 Å². The second-order valence-corrected chi connectivity index (χ2v) is 8.53. The number of anilines is 1. The number of nitrogens with two attached hydrogens (primary N) is 1. The van der Waals surface area contributed by atoms with Gasteiger partial charge in [-0.05, 0) is 48.9 Å². The zero-order valence-corrected chi connectivity index (χ0v) is 18.1. The standard InChI is InChI=1S/C23H22N2O6S/c1-16-5-4-6-17(13-16)14-30-21-8-3-2-7-20(21)23(27)31-15-22(26)25-18-9-11-19(12-10-18)32(24,28)29/h2-13H,14-15H2,1H3,(H,25,26)(H2,24,28,29). The number of hydrogen-bond acceptors (Lipinski definition) is 6. The molecular weight excluding hydrogens is 432 g/mol. The molecule has 0 aromatic heterocycles. The van der Waals surface area contributed by atoms with Crippen molar-refractivity contribution in [2.45, 2.75) is 18.4 Å². The number of carbonyl (C=O) groups is 2. The number of carbonyl (C=O) groups excluding carboxylic acids is 2. The highest BCUT2D eigenvalue weighted by atomic mass is 32.2. The molecule has 9 heteroatoms. The largest absolute Gasteiger partial charge is 0.488 e. The van der Waals surface area contributed by atoms with Crippen LogP contribution in [0.2, 0.25) is 0 Å². The van der Waals surface area contributed by atoms with E-state index in [-0.39, 0.29) is 17.1 Å². The maximum absolute atomic E-state index is 12.5. The van der Waals surface area contributed by atoms with Gasteiger partial charge in [-0.2, -0.15) is 0 Å². The highest BCUT2D eigenvalue weighted by Gasteiger charge is 2.16. The Balaban J connectivity index is 1.57. The summed E-state index contributed by atoms with van der Waals surface area (Å²) in [5.41, 5.74) is 2.59. The molecule has 0 atom stereocenters. The number of benzene rings is 3. The summed E-state index contributed by atoms with van der Waals surface area (Å²) in [6.45, 7) is 1.73. The lowest BCUT2D eigenvalue weighted by molar-refractivity contribution is -0.119. The summed E-state index contributed by atoms with van der Waals surface area (Å²) in [6.07, 6.45) is 0. The van der Waals surface area contributed by atoms with E-state index < -0.39 is 28.5 Å². The third-order valence-corrected chi connectivity index (χ3v) is 5.31. The number of aryl methyl sites for hydroxylation is 1. The normalized spacial score (nSPS) is 10.9. The van der Waals surface area contributed by atoms with Crippen LogP contribution in [-0.2, 0) is 26.2 Å². The van der Waals surface area contributed by atoms with E-state index in [0.717, 1.165) is 11.1 Å². The molecule has 3 N–H and O–H groups in total. The monoisotopic (exact) mass is 454 g/mol. The van der Waals surface area contributed by atoms with Crippen LogP contribution in [0, 0.1) is 6.92 Å². The van der Waals surface area contributed by atoms with Crippen LogP contribution in [0.3, 0.4) is 0 Å². The molecule has 0 aliphatic carbocycles. The summed E-state index contributed by atoms with van der Waals surface area (Å²) in [4.78, 5) is 24.5. The summed E-state index contributed by atoms with van der Waals surface area (Å²) >= 11 is 0. The molecule has 0 radical (unpaired) electrons. The maximum atomic E-state index is 12.5. The number of hydrogen-bond donors (Lipinski definition) is 2. The molecule has 0 fully saturated rings. The third-order valence-electron chi connectivity index (χ3n) is 4.38. The van der Waals surface area contributed by atoms with Crippen molar-refractivity contribution >= 4 is 27.6 Å². The number of sulfonamides is 1. The lowest BCUT2D eigenvalue weighted by atomic mass is 10.1. The van der Waals surface area contributed by atoms with Crippen LogP contribution in [-0.4, -0.2) is 26.9 Å². The Kier molecular flexibility index (Phi) is 7.24. The Labute approximate surface area is 186 Å². The van der Waals surface area contributed by atoms with E-state index in [1.807, 2.05) is 31.2 Å². The Morgan fingerprint density at radius 3 is 2.38 bits per heavy atom. The van der Waals surface area contributed by atoms with E-state index in [9.17, 15) is 18.0 Å². The average molecular weight is 455 g/mol. The van der Waals surface area contributed by atoms with Crippen LogP contribution in [0.4, 0.5) is 5.69 Å². The predicted octanol–water partition coefficient (Wildman–Crippen LogP) is 3.02. The smallest absolute Gasteiger partial charge is 0.342 e. The minimum Gasteiger partial charge on any atom is -0.488 e. The molecule has 0 saturated carbocycles. The molecule has 0 aliphatic heterocycles. The molecule has 8 nitrogen and oxygen atoms in total. The van der Waals surface area contributed by atoms with E-state index in [0.29, 0.717) is 11.4 Å². The zero-order chi connectivity index (χ0) is 23.1. The number of para-hydroxylation sites is 1. The van der Waals surface area contributed by atoms with Crippen molar-refractivity contribution in [3.63, 3.8) is 0 Å². The molecule has 3 rings (SSSR count). The van der Waals surface area contributed by atoms with Crippen molar-refractivity contribution in [2.75, 3.05) is 11.9 Å². The molecule has 1 amide bonds. The molecular formula is C23H22N2O6S. The van der Waals surface area contributed by atoms with Crippen molar-refractivity contribution in [1.82, 2.24) is 0 Å². The van der Waals surface area contributed by atoms with E-state index in [1.165, 1.54) is 24.3 Å². The maximum Gasteiger partial charge on any atom is 0.342 e.